The summed E-state index contributed by atoms with van der Waals surface area (Å²) in [7, 11) is -1.86. The molecule has 0 atom stereocenters. The number of sulfonamides is 1. The van der Waals surface area contributed by atoms with E-state index in [0.717, 1.165) is 25.7 Å². The number of nitrogen functional groups attached to an aromatic ring is 1. The third-order valence-electron chi connectivity index (χ3n) is 3.67. The zero-order chi connectivity index (χ0) is 14.6. The van der Waals surface area contributed by atoms with Crippen LogP contribution in [0.4, 0.5) is 11.4 Å². The fourth-order valence-corrected chi connectivity index (χ4v) is 4.21. The number of nitrogens with one attached hydrogen (secondary N) is 1. The number of rotatable bonds is 5. The average Bonchev–Trinajstić information content (AvgIpc) is 2.41. The molecule has 0 spiro atoms. The number of anilines is 2. The Morgan fingerprint density at radius 2 is 2.00 bits per heavy atom. The van der Waals surface area contributed by atoms with Crippen molar-refractivity contribution in [3.05, 3.63) is 18.2 Å². The summed E-state index contributed by atoms with van der Waals surface area (Å²) < 4.78 is 32.2. The van der Waals surface area contributed by atoms with Crippen LogP contribution in [0.2, 0.25) is 0 Å². The van der Waals surface area contributed by atoms with E-state index in [9.17, 15) is 8.42 Å². The number of methoxy groups -OCH3 is 1. The summed E-state index contributed by atoms with van der Waals surface area (Å²) in [6, 6.07) is 4.89. The van der Waals surface area contributed by atoms with Crippen LogP contribution in [0.5, 0.6) is 5.75 Å². The molecule has 1 saturated carbocycles. The molecule has 0 radical (unpaired) electrons. The van der Waals surface area contributed by atoms with E-state index < -0.39 is 10.0 Å². The molecule has 0 saturated heterocycles. The van der Waals surface area contributed by atoms with Crippen LogP contribution < -0.4 is 15.2 Å². The van der Waals surface area contributed by atoms with Crippen LogP contribution in [0.15, 0.2) is 18.2 Å². The molecule has 0 aromatic heterocycles. The predicted octanol–water partition coefficient (Wildman–Crippen LogP) is 2.60. The van der Waals surface area contributed by atoms with E-state index >= 15 is 0 Å². The third kappa shape index (κ3) is 4.03. The lowest BCUT2D eigenvalue weighted by Gasteiger charge is -2.22. The lowest BCUT2D eigenvalue weighted by atomic mass is 9.91. The molecule has 1 aliphatic carbocycles. The second-order valence-corrected chi connectivity index (χ2v) is 7.11. The molecule has 1 aromatic rings. The van der Waals surface area contributed by atoms with Gasteiger partial charge in [0.25, 0.3) is 0 Å². The molecule has 1 aliphatic rings. The fourth-order valence-electron chi connectivity index (χ4n) is 2.67. The third-order valence-corrected chi connectivity index (χ3v) is 5.11. The summed E-state index contributed by atoms with van der Waals surface area (Å²) in [4.78, 5) is 0. The highest BCUT2D eigenvalue weighted by Crippen LogP contribution is 2.29. The first kappa shape index (κ1) is 15.0. The van der Waals surface area contributed by atoms with Gasteiger partial charge in [0.2, 0.25) is 10.0 Å². The van der Waals surface area contributed by atoms with Crippen molar-refractivity contribution in [2.45, 2.75) is 32.1 Å². The van der Waals surface area contributed by atoms with Crippen LogP contribution in [0, 0.1) is 5.92 Å². The number of ether oxygens (including phenoxy) is 1. The van der Waals surface area contributed by atoms with Gasteiger partial charge in [-0.05, 0) is 30.9 Å². The van der Waals surface area contributed by atoms with Crippen molar-refractivity contribution in [2.75, 3.05) is 23.3 Å². The Balaban J connectivity index is 2.07. The van der Waals surface area contributed by atoms with Crippen LogP contribution in [-0.2, 0) is 10.0 Å². The Morgan fingerprint density at radius 3 is 2.65 bits per heavy atom. The van der Waals surface area contributed by atoms with E-state index in [2.05, 4.69) is 4.72 Å². The van der Waals surface area contributed by atoms with Crippen LogP contribution in [0.1, 0.15) is 32.1 Å². The van der Waals surface area contributed by atoms with E-state index in [-0.39, 0.29) is 11.7 Å². The second-order valence-electron chi connectivity index (χ2n) is 5.35. The Morgan fingerprint density at radius 1 is 1.30 bits per heavy atom. The molecule has 0 unspecified atom stereocenters. The first-order valence-electron chi connectivity index (χ1n) is 6.94. The van der Waals surface area contributed by atoms with Gasteiger partial charge < -0.3 is 10.5 Å². The van der Waals surface area contributed by atoms with E-state index in [1.54, 1.807) is 18.2 Å². The Bertz CT molecular complexity index is 552. The normalized spacial score (nSPS) is 16.9. The van der Waals surface area contributed by atoms with Crippen LogP contribution in [0.3, 0.4) is 0 Å². The molecule has 1 fully saturated rings. The lowest BCUT2D eigenvalue weighted by Crippen LogP contribution is -2.24. The van der Waals surface area contributed by atoms with Crippen molar-refractivity contribution in [3.8, 4) is 5.75 Å². The highest BCUT2D eigenvalue weighted by atomic mass is 32.2. The molecule has 2 rings (SSSR count). The molecule has 3 N–H and O–H groups in total. The zero-order valence-electron chi connectivity index (χ0n) is 11.8. The van der Waals surface area contributed by atoms with Crippen LogP contribution in [-0.4, -0.2) is 21.3 Å². The van der Waals surface area contributed by atoms with E-state index in [4.69, 9.17) is 10.5 Å². The Hall–Kier alpha value is -1.43. The first-order valence-corrected chi connectivity index (χ1v) is 8.59. The maximum absolute atomic E-state index is 12.2. The largest absolute Gasteiger partial charge is 0.494 e. The highest BCUT2D eigenvalue weighted by molar-refractivity contribution is 7.92. The zero-order valence-corrected chi connectivity index (χ0v) is 12.6. The van der Waals surface area contributed by atoms with Crippen molar-refractivity contribution >= 4 is 21.4 Å². The highest BCUT2D eigenvalue weighted by Gasteiger charge is 2.22. The van der Waals surface area contributed by atoms with Gasteiger partial charge in [-0.2, -0.15) is 0 Å². The van der Waals surface area contributed by atoms with E-state index in [1.807, 2.05) is 0 Å². The second kappa shape index (κ2) is 6.35. The van der Waals surface area contributed by atoms with Gasteiger partial charge in [0.15, 0.2) is 0 Å². The molecule has 5 nitrogen and oxygen atoms in total. The van der Waals surface area contributed by atoms with Crippen molar-refractivity contribution < 1.29 is 13.2 Å². The fraction of sp³-hybridized carbons (Fsp3) is 0.571. The molecule has 20 heavy (non-hydrogen) atoms. The van der Waals surface area contributed by atoms with Crippen molar-refractivity contribution in [3.63, 3.8) is 0 Å². The van der Waals surface area contributed by atoms with Gasteiger partial charge >= 0.3 is 0 Å². The predicted molar refractivity (Wildman–Crippen MR) is 81.4 cm³/mol. The summed E-state index contributed by atoms with van der Waals surface area (Å²) in [6.45, 7) is 0. The van der Waals surface area contributed by atoms with Gasteiger partial charge in [-0.1, -0.05) is 19.3 Å². The van der Waals surface area contributed by atoms with Crippen LogP contribution in [0.25, 0.3) is 0 Å². The maximum Gasteiger partial charge on any atom is 0.233 e. The monoisotopic (exact) mass is 298 g/mol. The van der Waals surface area contributed by atoms with Gasteiger partial charge in [-0.25, -0.2) is 8.42 Å². The molecule has 0 amide bonds. The molecular weight excluding hydrogens is 276 g/mol. The number of nitrogens with two attached hydrogens (primary N) is 1. The quantitative estimate of drug-likeness (QED) is 0.819. The molecular formula is C14H22N2O3S. The summed E-state index contributed by atoms with van der Waals surface area (Å²) in [5.74, 6) is 0.888. The topological polar surface area (TPSA) is 81.4 Å². The minimum Gasteiger partial charge on any atom is -0.494 e. The molecule has 6 heteroatoms. The lowest BCUT2D eigenvalue weighted by molar-refractivity contribution is 0.385. The first-order chi connectivity index (χ1) is 9.50. The Kier molecular flexibility index (Phi) is 4.75. The summed E-state index contributed by atoms with van der Waals surface area (Å²) in [5, 5.41) is 0. The minimum atomic E-state index is -3.35. The van der Waals surface area contributed by atoms with Gasteiger partial charge in [0.1, 0.15) is 5.75 Å². The smallest absolute Gasteiger partial charge is 0.233 e. The number of hydrogen-bond acceptors (Lipinski definition) is 4. The number of hydrogen-bond donors (Lipinski definition) is 2. The SMILES string of the molecule is COc1cc(N)ccc1NS(=O)(=O)CC1CCCCC1. The summed E-state index contributed by atoms with van der Waals surface area (Å²) in [6.07, 6.45) is 5.48. The van der Waals surface area contributed by atoms with E-state index in [1.165, 1.54) is 13.5 Å². The van der Waals surface area contributed by atoms with Gasteiger partial charge in [0, 0.05) is 11.8 Å². The van der Waals surface area contributed by atoms with Crippen LogP contribution >= 0.6 is 0 Å². The van der Waals surface area contributed by atoms with E-state index in [0.29, 0.717) is 17.1 Å². The molecule has 0 aliphatic heterocycles. The van der Waals surface area contributed by atoms with Gasteiger partial charge in [0.05, 0.1) is 18.6 Å². The van der Waals surface area contributed by atoms with Crippen molar-refractivity contribution in [1.82, 2.24) is 0 Å². The maximum atomic E-state index is 12.2. The summed E-state index contributed by atoms with van der Waals surface area (Å²) >= 11 is 0. The average molecular weight is 298 g/mol. The molecule has 0 bridgehead atoms. The van der Waals surface area contributed by atoms with Gasteiger partial charge in [-0.15, -0.1) is 0 Å². The summed E-state index contributed by atoms with van der Waals surface area (Å²) in [5.41, 5.74) is 6.64. The molecule has 1 aromatic carbocycles. The molecule has 0 heterocycles. The standard InChI is InChI=1S/C14H22N2O3S/c1-19-14-9-12(15)7-8-13(14)16-20(17,18)10-11-5-3-2-4-6-11/h7-9,11,16H,2-6,10,15H2,1H3. The minimum absolute atomic E-state index is 0.181. The Labute approximate surface area is 120 Å². The number of benzene rings is 1. The van der Waals surface area contributed by atoms with Gasteiger partial charge in [-0.3, -0.25) is 4.72 Å². The van der Waals surface area contributed by atoms with Crippen molar-refractivity contribution in [2.24, 2.45) is 5.92 Å². The molecule has 112 valence electrons. The van der Waals surface area contributed by atoms with Crippen molar-refractivity contribution in [1.29, 1.82) is 0 Å².